The highest BCUT2D eigenvalue weighted by atomic mass is 35.5. The van der Waals surface area contributed by atoms with E-state index in [4.69, 9.17) is 45.2 Å². The van der Waals surface area contributed by atoms with Crippen molar-refractivity contribution in [3.05, 3.63) is 212 Å². The second kappa shape index (κ2) is 55.2. The van der Waals surface area contributed by atoms with Gasteiger partial charge in [0.05, 0.1) is 44.5 Å². The Morgan fingerprint density at radius 1 is 0.500 bits per heavy atom. The molecule has 90 heavy (non-hydrogen) atoms. The standard InChI is InChI=1S/C14H18O4.C11H13F3.C11H13N.C11H16.C10H12Cl2.C10H13Cl.6C2H6/c1-4-9(2)10-5-11(13(16)8-15)7-12(6-10)14(17)18-3;1-3-10(2,11(12,13)14)9-7-5-4-6-8-9;1-3-11(2,9-12)10-7-5-4-6-8-10;1-4-11(2,3)10-8-6-5-7-9-10;1-3-7(2)8-4-5-9(11)10(12)6-8;1-3-10(2,11)9-7-5-4-6-8-9;6*1-2/h5-7,9,15H,4,8H2,1-3H3;4-8H,3H2,1-2H3;4-8H,3H2,1-2H3;5-9H,4H2,1-3H3;4-7H,3H2,1-2H3;4-8H,3H2,1-2H3;6*1-2H3. The number of halogens is 6. The molecule has 6 rings (SSSR count). The Morgan fingerprint density at radius 3 is 1.20 bits per heavy atom. The van der Waals surface area contributed by atoms with Crippen molar-refractivity contribution in [3.63, 3.8) is 0 Å². The quantitative estimate of drug-likeness (QED) is 0.0629. The van der Waals surface area contributed by atoms with Gasteiger partial charge in [0.15, 0.2) is 5.78 Å². The van der Waals surface area contributed by atoms with Crippen LogP contribution in [0, 0.1) is 11.3 Å². The molecule has 0 saturated carbocycles. The molecule has 0 spiro atoms. The van der Waals surface area contributed by atoms with Crippen molar-refractivity contribution in [3.8, 4) is 6.07 Å². The summed E-state index contributed by atoms with van der Waals surface area (Å²) in [5.41, 5.74) is 5.19. The topological polar surface area (TPSA) is 87.4 Å². The molecule has 0 amide bonds. The number of nitrogens with zero attached hydrogens (tertiary/aromatic N) is 1. The first-order valence-corrected chi connectivity index (χ1v) is 34.0. The first-order chi connectivity index (χ1) is 42.6. The van der Waals surface area contributed by atoms with Crippen LogP contribution in [-0.2, 0) is 25.9 Å². The Labute approximate surface area is 564 Å². The fourth-order valence-electron chi connectivity index (χ4n) is 7.33. The van der Waals surface area contributed by atoms with E-state index in [-0.39, 0.29) is 22.6 Å². The summed E-state index contributed by atoms with van der Waals surface area (Å²) in [7, 11) is 1.30. The largest absolute Gasteiger partial charge is 0.465 e. The normalized spacial score (nSPS) is 12.4. The van der Waals surface area contributed by atoms with Gasteiger partial charge in [-0.2, -0.15) is 18.4 Å². The Bertz CT molecular complexity index is 2610. The number of rotatable bonds is 15. The number of esters is 1. The van der Waals surface area contributed by atoms with Crippen molar-refractivity contribution in [1.29, 1.82) is 5.26 Å². The second-order valence-electron chi connectivity index (χ2n) is 20.4. The van der Waals surface area contributed by atoms with Crippen LogP contribution in [0.2, 0.25) is 10.0 Å². The lowest BCUT2D eigenvalue weighted by atomic mass is 9.79. The lowest BCUT2D eigenvalue weighted by Gasteiger charge is -2.31. The van der Waals surface area contributed by atoms with E-state index in [0.29, 0.717) is 38.1 Å². The number of ketones is 1. The Hall–Kier alpha value is -5.43. The summed E-state index contributed by atoms with van der Waals surface area (Å²) in [6.45, 7) is 49.6. The Kier molecular flexibility index (Phi) is 58.7. The van der Waals surface area contributed by atoms with Crippen LogP contribution in [0.4, 0.5) is 13.2 Å². The summed E-state index contributed by atoms with van der Waals surface area (Å²) < 4.78 is 43.0. The highest BCUT2D eigenvalue weighted by molar-refractivity contribution is 6.42. The van der Waals surface area contributed by atoms with Crippen LogP contribution in [0.5, 0.6) is 0 Å². The third-order valence-corrected chi connectivity index (χ3v) is 16.0. The number of alkyl halides is 4. The van der Waals surface area contributed by atoms with Gasteiger partial charge < -0.3 is 9.84 Å². The maximum absolute atomic E-state index is 12.8. The minimum atomic E-state index is -4.19. The van der Waals surface area contributed by atoms with E-state index in [1.807, 2.05) is 184 Å². The Morgan fingerprint density at radius 2 is 0.878 bits per heavy atom. The van der Waals surface area contributed by atoms with E-state index >= 15 is 0 Å². The van der Waals surface area contributed by atoms with Gasteiger partial charge in [-0.3, -0.25) is 4.79 Å². The third-order valence-electron chi connectivity index (χ3n) is 14.7. The molecule has 0 aliphatic heterocycles. The van der Waals surface area contributed by atoms with Gasteiger partial charge in [-0.15, -0.1) is 11.6 Å². The molecule has 1 N–H and O–H groups in total. The number of Topliss-reactive ketones (excluding diaryl/α,β-unsaturated/α-hetero) is 1. The highest BCUT2D eigenvalue weighted by Crippen LogP contribution is 2.43. The summed E-state index contributed by atoms with van der Waals surface area (Å²) in [4.78, 5) is 22.9. The molecule has 0 radical (unpaired) electrons. The van der Waals surface area contributed by atoms with Gasteiger partial charge in [0, 0.05) is 5.56 Å². The molecule has 0 aromatic heterocycles. The van der Waals surface area contributed by atoms with Gasteiger partial charge in [-0.1, -0.05) is 303 Å². The molecule has 11 heteroatoms. The molecule has 5 nitrogen and oxygen atoms in total. The zero-order valence-electron chi connectivity index (χ0n) is 60.5. The monoisotopic (exact) mass is 1310 g/mol. The summed E-state index contributed by atoms with van der Waals surface area (Å²) in [5, 5.41) is 19.2. The smallest absolute Gasteiger partial charge is 0.398 e. The summed E-state index contributed by atoms with van der Waals surface area (Å²) in [6, 6.07) is 51.9. The van der Waals surface area contributed by atoms with Crippen LogP contribution >= 0.6 is 34.8 Å². The van der Waals surface area contributed by atoms with Gasteiger partial charge in [0.2, 0.25) is 0 Å². The van der Waals surface area contributed by atoms with Crippen LogP contribution in [0.15, 0.2) is 158 Å². The molecule has 508 valence electrons. The number of aliphatic hydroxyl groups excluding tert-OH is 1. The Balaban J connectivity index is -0.000000229. The van der Waals surface area contributed by atoms with Crippen LogP contribution in [0.1, 0.15) is 278 Å². The predicted molar refractivity (Wildman–Crippen MR) is 391 cm³/mol. The number of carbonyl (C=O) groups is 2. The number of ether oxygens (including phenoxy) is 1. The van der Waals surface area contributed by atoms with Gasteiger partial charge in [0.25, 0.3) is 0 Å². The SMILES string of the molecule is CC.CC.CC.CC.CC.CC.CCC(C)(C#N)c1ccccc1.CCC(C)(C)c1ccccc1.CCC(C)(Cl)c1ccccc1.CCC(C)(c1ccccc1)C(F)(F)F.CCC(C)c1cc(C(=O)CO)cc(C(=O)OC)c1.CCC(C)c1ccc(Cl)c(Cl)c1. The molecule has 0 heterocycles. The third kappa shape index (κ3) is 36.0. The lowest BCUT2D eigenvalue weighted by molar-refractivity contribution is -0.186. The fraction of sp³-hybridized carbons (Fsp3) is 0.506. The number of hydrogen-bond donors (Lipinski definition) is 1. The second-order valence-corrected chi connectivity index (χ2v) is 22.1. The molecule has 5 atom stereocenters. The van der Waals surface area contributed by atoms with E-state index in [9.17, 15) is 22.8 Å². The zero-order valence-corrected chi connectivity index (χ0v) is 62.8. The first-order valence-electron chi connectivity index (χ1n) is 32.9. The number of nitriles is 1. The maximum Gasteiger partial charge on any atom is 0.398 e. The van der Waals surface area contributed by atoms with Crippen LogP contribution in [0.3, 0.4) is 0 Å². The van der Waals surface area contributed by atoms with E-state index in [1.165, 1.54) is 55.3 Å². The fourth-order valence-corrected chi connectivity index (χ4v) is 7.76. The molecular weight excluding hydrogens is 1190 g/mol. The molecule has 6 aromatic carbocycles. The summed E-state index contributed by atoms with van der Waals surface area (Å²) >= 11 is 17.9. The van der Waals surface area contributed by atoms with E-state index in [1.54, 1.807) is 37.3 Å². The van der Waals surface area contributed by atoms with E-state index in [2.05, 4.69) is 94.8 Å². The molecule has 5 unspecified atom stereocenters. The maximum atomic E-state index is 12.8. The predicted octanol–water partition coefficient (Wildman–Crippen LogP) is 26.5. The van der Waals surface area contributed by atoms with E-state index in [0.717, 1.165) is 36.8 Å². The number of carbonyl (C=O) groups excluding carboxylic acids is 2. The van der Waals surface area contributed by atoms with Crippen molar-refractivity contribution in [2.45, 2.75) is 251 Å². The number of aliphatic hydroxyl groups is 1. The molecule has 0 saturated heterocycles. The van der Waals surface area contributed by atoms with E-state index < -0.39 is 30.0 Å². The average molecular weight is 1310 g/mol. The van der Waals surface area contributed by atoms with Crippen LogP contribution in [0.25, 0.3) is 0 Å². The molecule has 0 fully saturated rings. The lowest BCUT2D eigenvalue weighted by Crippen LogP contribution is -2.38. The van der Waals surface area contributed by atoms with Crippen LogP contribution < -0.4 is 0 Å². The van der Waals surface area contributed by atoms with Gasteiger partial charge in [-0.25, -0.2) is 4.79 Å². The number of hydrogen-bond acceptors (Lipinski definition) is 5. The molecule has 0 aliphatic rings. The van der Waals surface area contributed by atoms with Gasteiger partial charge >= 0.3 is 12.1 Å². The molecule has 6 aromatic rings. The zero-order chi connectivity index (χ0) is 71.3. The van der Waals surface area contributed by atoms with Crippen LogP contribution in [-0.4, -0.2) is 36.8 Å². The number of methoxy groups -OCH3 is 1. The van der Waals surface area contributed by atoms with Crippen molar-refractivity contribution in [1.82, 2.24) is 0 Å². The minimum Gasteiger partial charge on any atom is -0.465 e. The van der Waals surface area contributed by atoms with Crippen molar-refractivity contribution in [2.24, 2.45) is 0 Å². The molecule has 0 bridgehead atoms. The van der Waals surface area contributed by atoms with Gasteiger partial charge in [0.1, 0.15) is 6.61 Å². The first kappa shape index (κ1) is 95.7. The molecule has 0 aliphatic carbocycles. The van der Waals surface area contributed by atoms with Crippen molar-refractivity contribution in [2.75, 3.05) is 13.7 Å². The summed E-state index contributed by atoms with van der Waals surface area (Å²) in [6.07, 6.45) is 0.891. The average Bonchev–Trinajstić information content (AvgIpc) is 0.880. The highest BCUT2D eigenvalue weighted by Gasteiger charge is 2.50. The van der Waals surface area contributed by atoms with Crippen molar-refractivity contribution >= 4 is 46.6 Å². The van der Waals surface area contributed by atoms with Crippen molar-refractivity contribution < 1.29 is 32.6 Å². The molecular formula is C79H121Cl3F3NO4. The van der Waals surface area contributed by atoms with Gasteiger partial charge in [-0.05, 0) is 140 Å². The summed E-state index contributed by atoms with van der Waals surface area (Å²) in [5.74, 6) is -0.0861. The number of benzene rings is 6. The minimum absolute atomic E-state index is 0.0561.